The van der Waals surface area contributed by atoms with E-state index in [0.29, 0.717) is 5.02 Å². The molecule has 1 atom stereocenters. The predicted molar refractivity (Wildman–Crippen MR) is 50.7 cm³/mol. The van der Waals surface area contributed by atoms with Crippen molar-refractivity contribution in [2.24, 2.45) is 5.73 Å². The van der Waals surface area contributed by atoms with Gasteiger partial charge in [-0.2, -0.15) is 5.26 Å². The molecule has 0 bridgehead atoms. The number of hydrogen-bond donors (Lipinski definition) is 2. The summed E-state index contributed by atoms with van der Waals surface area (Å²) in [7, 11) is 0. The number of aromatic hydroxyl groups is 1. The number of nitrogens with zero attached hydrogens (tertiary/aromatic N) is 1. The third-order valence-corrected chi connectivity index (χ3v) is 2.05. The SMILES string of the molecule is N#C[C@@H](N)c1c(O)cc(Cl)cc1Cl. The highest BCUT2D eigenvalue weighted by Gasteiger charge is 2.15. The summed E-state index contributed by atoms with van der Waals surface area (Å²) in [5, 5.41) is 18.4. The van der Waals surface area contributed by atoms with Gasteiger partial charge in [0.1, 0.15) is 11.8 Å². The Bertz CT molecular complexity index is 350. The molecule has 1 aromatic carbocycles. The number of hydrogen-bond acceptors (Lipinski definition) is 3. The molecule has 0 spiro atoms. The van der Waals surface area contributed by atoms with Crippen LogP contribution in [0.2, 0.25) is 10.0 Å². The lowest BCUT2D eigenvalue weighted by Gasteiger charge is -2.08. The molecule has 13 heavy (non-hydrogen) atoms. The maximum atomic E-state index is 9.37. The van der Waals surface area contributed by atoms with Gasteiger partial charge in [-0.1, -0.05) is 23.2 Å². The van der Waals surface area contributed by atoms with Crippen LogP contribution in [0.4, 0.5) is 0 Å². The van der Waals surface area contributed by atoms with Gasteiger partial charge in [0.2, 0.25) is 0 Å². The number of halogens is 2. The topological polar surface area (TPSA) is 70.0 Å². The fourth-order valence-electron chi connectivity index (χ4n) is 0.944. The maximum Gasteiger partial charge on any atom is 0.124 e. The Morgan fingerprint density at radius 2 is 2.08 bits per heavy atom. The zero-order valence-corrected chi connectivity index (χ0v) is 7.97. The van der Waals surface area contributed by atoms with Gasteiger partial charge in [0.15, 0.2) is 0 Å². The molecule has 0 fully saturated rings. The van der Waals surface area contributed by atoms with Crippen molar-refractivity contribution < 1.29 is 5.11 Å². The Labute approximate surface area is 85.3 Å². The molecule has 0 aromatic heterocycles. The second kappa shape index (κ2) is 3.84. The van der Waals surface area contributed by atoms with E-state index in [1.54, 1.807) is 6.07 Å². The van der Waals surface area contributed by atoms with Gasteiger partial charge in [-0.25, -0.2) is 0 Å². The van der Waals surface area contributed by atoms with Gasteiger partial charge in [0, 0.05) is 10.6 Å². The highest BCUT2D eigenvalue weighted by atomic mass is 35.5. The Morgan fingerprint density at radius 1 is 1.46 bits per heavy atom. The van der Waals surface area contributed by atoms with Crippen molar-refractivity contribution in [1.29, 1.82) is 5.26 Å². The van der Waals surface area contributed by atoms with E-state index in [-0.39, 0.29) is 16.3 Å². The van der Waals surface area contributed by atoms with Crippen molar-refractivity contribution in [1.82, 2.24) is 0 Å². The van der Waals surface area contributed by atoms with Crippen molar-refractivity contribution in [2.75, 3.05) is 0 Å². The molecular formula is C8H6Cl2N2O. The first-order valence-corrected chi connectivity index (χ1v) is 4.15. The van der Waals surface area contributed by atoms with E-state index < -0.39 is 6.04 Å². The molecule has 0 amide bonds. The van der Waals surface area contributed by atoms with Crippen LogP contribution in [0.25, 0.3) is 0 Å². The van der Waals surface area contributed by atoms with Gasteiger partial charge < -0.3 is 10.8 Å². The predicted octanol–water partition coefficient (Wildman–Crippen LogP) is 2.22. The van der Waals surface area contributed by atoms with Gasteiger partial charge in [0.05, 0.1) is 11.1 Å². The van der Waals surface area contributed by atoms with Crippen molar-refractivity contribution in [3.05, 3.63) is 27.7 Å². The standard InChI is InChI=1S/C8H6Cl2N2O/c9-4-1-5(10)8(6(12)3-11)7(13)2-4/h1-2,6,13H,12H2/t6-/m1/s1. The van der Waals surface area contributed by atoms with Crippen LogP contribution < -0.4 is 5.73 Å². The average Bonchev–Trinajstić information content (AvgIpc) is 2.02. The highest BCUT2D eigenvalue weighted by molar-refractivity contribution is 6.35. The minimum Gasteiger partial charge on any atom is -0.507 e. The summed E-state index contributed by atoms with van der Waals surface area (Å²) in [6.07, 6.45) is 0. The summed E-state index contributed by atoms with van der Waals surface area (Å²) in [6.45, 7) is 0. The molecular weight excluding hydrogens is 211 g/mol. The van der Waals surface area contributed by atoms with E-state index in [1.165, 1.54) is 12.1 Å². The number of phenolic OH excluding ortho intramolecular Hbond substituents is 1. The molecule has 1 rings (SSSR count). The molecule has 0 aliphatic heterocycles. The molecule has 5 heteroatoms. The largest absolute Gasteiger partial charge is 0.507 e. The number of rotatable bonds is 1. The molecule has 0 unspecified atom stereocenters. The summed E-state index contributed by atoms with van der Waals surface area (Å²) in [6, 6.07) is 3.55. The molecule has 1 aromatic rings. The average molecular weight is 217 g/mol. The number of nitriles is 1. The summed E-state index contributed by atoms with van der Waals surface area (Å²) in [5.74, 6) is -0.161. The zero-order chi connectivity index (χ0) is 10.0. The Hall–Kier alpha value is -0.950. The number of benzene rings is 1. The Kier molecular flexibility index (Phi) is 2.99. The lowest BCUT2D eigenvalue weighted by molar-refractivity contribution is 0.466. The first-order valence-electron chi connectivity index (χ1n) is 3.39. The first-order chi connectivity index (χ1) is 6.06. The van der Waals surface area contributed by atoms with E-state index in [4.69, 9.17) is 34.2 Å². The molecule has 0 saturated carbocycles. The van der Waals surface area contributed by atoms with Crippen molar-refractivity contribution in [3.63, 3.8) is 0 Å². The summed E-state index contributed by atoms with van der Waals surface area (Å²) >= 11 is 11.3. The first kappa shape index (κ1) is 10.1. The van der Waals surface area contributed by atoms with Crippen molar-refractivity contribution >= 4 is 23.2 Å². The highest BCUT2D eigenvalue weighted by Crippen LogP contribution is 2.33. The molecule has 68 valence electrons. The monoisotopic (exact) mass is 216 g/mol. The van der Waals surface area contributed by atoms with Crippen LogP contribution in [-0.4, -0.2) is 5.11 Å². The van der Waals surface area contributed by atoms with Crippen LogP contribution in [0, 0.1) is 11.3 Å². The van der Waals surface area contributed by atoms with E-state index in [0.717, 1.165) is 0 Å². The second-order valence-corrected chi connectivity index (χ2v) is 3.27. The van der Waals surface area contributed by atoms with E-state index in [2.05, 4.69) is 0 Å². The van der Waals surface area contributed by atoms with Crippen LogP contribution in [-0.2, 0) is 0 Å². The number of nitrogens with two attached hydrogens (primary N) is 1. The van der Waals surface area contributed by atoms with Crippen molar-refractivity contribution in [2.45, 2.75) is 6.04 Å². The van der Waals surface area contributed by atoms with E-state index in [1.807, 2.05) is 0 Å². The fourth-order valence-corrected chi connectivity index (χ4v) is 1.54. The molecule has 0 aliphatic carbocycles. The normalized spacial score (nSPS) is 12.2. The van der Waals surface area contributed by atoms with E-state index in [9.17, 15) is 5.11 Å². The summed E-state index contributed by atoms with van der Waals surface area (Å²) in [5.41, 5.74) is 5.60. The zero-order valence-electron chi connectivity index (χ0n) is 6.46. The quantitative estimate of drug-likeness (QED) is 0.757. The van der Waals surface area contributed by atoms with Gasteiger partial charge in [0.25, 0.3) is 0 Å². The Balaban J connectivity index is 3.30. The summed E-state index contributed by atoms with van der Waals surface area (Å²) in [4.78, 5) is 0. The van der Waals surface area contributed by atoms with Crippen LogP contribution in [0.1, 0.15) is 11.6 Å². The smallest absolute Gasteiger partial charge is 0.124 e. The lowest BCUT2D eigenvalue weighted by atomic mass is 10.1. The molecule has 0 saturated heterocycles. The van der Waals surface area contributed by atoms with Gasteiger partial charge in [-0.15, -0.1) is 0 Å². The fraction of sp³-hybridized carbons (Fsp3) is 0.125. The van der Waals surface area contributed by atoms with Crippen LogP contribution in [0.5, 0.6) is 5.75 Å². The molecule has 3 N–H and O–H groups in total. The summed E-state index contributed by atoms with van der Waals surface area (Å²) < 4.78 is 0. The molecule has 0 aliphatic rings. The minimum atomic E-state index is -0.940. The van der Waals surface area contributed by atoms with Crippen LogP contribution in [0.15, 0.2) is 12.1 Å². The third-order valence-electron chi connectivity index (χ3n) is 1.52. The lowest BCUT2D eigenvalue weighted by Crippen LogP contribution is -2.08. The van der Waals surface area contributed by atoms with Crippen LogP contribution >= 0.6 is 23.2 Å². The number of phenols is 1. The van der Waals surface area contributed by atoms with Gasteiger partial charge in [-0.3, -0.25) is 0 Å². The van der Waals surface area contributed by atoms with Gasteiger partial charge in [-0.05, 0) is 12.1 Å². The second-order valence-electron chi connectivity index (χ2n) is 2.43. The van der Waals surface area contributed by atoms with Crippen LogP contribution in [0.3, 0.4) is 0 Å². The minimum absolute atomic E-state index is 0.161. The molecule has 0 heterocycles. The molecule has 3 nitrogen and oxygen atoms in total. The third kappa shape index (κ3) is 2.04. The van der Waals surface area contributed by atoms with Gasteiger partial charge >= 0.3 is 0 Å². The Morgan fingerprint density at radius 3 is 2.54 bits per heavy atom. The maximum absolute atomic E-state index is 9.37. The van der Waals surface area contributed by atoms with E-state index >= 15 is 0 Å². The van der Waals surface area contributed by atoms with Crippen molar-refractivity contribution in [3.8, 4) is 11.8 Å². The molecule has 0 radical (unpaired) electrons.